The topological polar surface area (TPSA) is 90.8 Å². The summed E-state index contributed by atoms with van der Waals surface area (Å²) >= 11 is 0. The zero-order valence-electron chi connectivity index (χ0n) is 17.0. The lowest BCUT2D eigenvalue weighted by Gasteiger charge is -2.24. The Morgan fingerprint density at radius 3 is 2.28 bits per heavy atom. The fourth-order valence-electron chi connectivity index (χ4n) is 3.53. The van der Waals surface area contributed by atoms with Crippen LogP contribution in [-0.4, -0.2) is 28.7 Å². The van der Waals surface area contributed by atoms with Gasteiger partial charge in [0.1, 0.15) is 17.6 Å². The second kappa shape index (κ2) is 9.26. The van der Waals surface area contributed by atoms with Crippen molar-refractivity contribution in [2.24, 2.45) is 5.16 Å². The maximum absolute atomic E-state index is 13.2. The highest BCUT2D eigenvalue weighted by Crippen LogP contribution is 2.21. The van der Waals surface area contributed by atoms with Crippen LogP contribution in [0.25, 0.3) is 0 Å². The molecule has 3 N–H and O–H groups in total. The predicted molar refractivity (Wildman–Crippen MR) is 119 cm³/mol. The van der Waals surface area contributed by atoms with E-state index in [1.54, 1.807) is 24.3 Å². The Hall–Kier alpha value is -4.26. The number of nitrogens with zero attached hydrogens (tertiary/aromatic N) is 1. The van der Waals surface area contributed by atoms with Gasteiger partial charge < -0.3 is 15.8 Å². The van der Waals surface area contributed by atoms with Gasteiger partial charge in [0.25, 0.3) is 0 Å². The summed E-state index contributed by atoms with van der Waals surface area (Å²) in [6, 6.07) is 20.8. The summed E-state index contributed by atoms with van der Waals surface area (Å²) in [5, 5.41) is 18.5. The lowest BCUT2D eigenvalue weighted by Crippen LogP contribution is -2.44. The molecule has 0 aliphatic heterocycles. The van der Waals surface area contributed by atoms with Gasteiger partial charge in [-0.05, 0) is 35.9 Å². The molecule has 1 amide bonds. The molecule has 6 nitrogen and oxygen atoms in total. The second-order valence-electron chi connectivity index (χ2n) is 7.30. The molecule has 1 aliphatic carbocycles. The van der Waals surface area contributed by atoms with Crippen molar-refractivity contribution in [3.05, 3.63) is 113 Å². The van der Waals surface area contributed by atoms with E-state index in [0.717, 1.165) is 5.56 Å². The van der Waals surface area contributed by atoms with Gasteiger partial charge in [-0.3, -0.25) is 9.59 Å². The predicted octanol–water partition coefficient (Wildman–Crippen LogP) is 3.92. The standard InChI is InChI=1S/C25H20FN3O3/c26-17-10-12-18(13-11-17)27-25(31)23(14-16-6-2-1-3-7-16)28-22-15-21(29-32)19-8-4-5-9-20(19)24(22)30/h1-13,15,23,28,32H,14H2,(H,27,31)/t23-/m1/s1. The number of nitrogens with one attached hydrogen (secondary N) is 2. The zero-order chi connectivity index (χ0) is 22.5. The Morgan fingerprint density at radius 2 is 1.59 bits per heavy atom. The SMILES string of the molecule is O=C1C(N[C@H](Cc2ccccc2)C(=O)Nc2ccc(F)cc2)=CC(=NO)c2ccccc21. The number of carbonyl (C=O) groups excluding carboxylic acids is 2. The summed E-state index contributed by atoms with van der Waals surface area (Å²) in [5.41, 5.74) is 2.58. The summed E-state index contributed by atoms with van der Waals surface area (Å²) in [6.45, 7) is 0. The first-order chi connectivity index (χ1) is 15.5. The summed E-state index contributed by atoms with van der Waals surface area (Å²) in [7, 11) is 0. The minimum atomic E-state index is -0.817. The van der Waals surface area contributed by atoms with Gasteiger partial charge in [-0.15, -0.1) is 0 Å². The molecule has 7 heteroatoms. The third-order valence-corrected chi connectivity index (χ3v) is 5.12. The van der Waals surface area contributed by atoms with Crippen LogP contribution in [0.3, 0.4) is 0 Å². The van der Waals surface area contributed by atoms with Crippen LogP contribution in [0.1, 0.15) is 21.5 Å². The number of rotatable bonds is 6. The summed E-state index contributed by atoms with van der Waals surface area (Å²) in [5.74, 6) is -1.11. The number of hydrogen-bond donors (Lipinski definition) is 3. The molecule has 3 aromatic rings. The zero-order valence-corrected chi connectivity index (χ0v) is 17.0. The Bertz CT molecular complexity index is 1200. The molecular weight excluding hydrogens is 409 g/mol. The first kappa shape index (κ1) is 21.0. The molecule has 1 aliphatic rings. The van der Waals surface area contributed by atoms with Crippen LogP contribution in [0, 0.1) is 5.82 Å². The van der Waals surface area contributed by atoms with Crippen molar-refractivity contribution >= 4 is 23.1 Å². The molecule has 0 bridgehead atoms. The smallest absolute Gasteiger partial charge is 0.247 e. The highest BCUT2D eigenvalue weighted by atomic mass is 19.1. The van der Waals surface area contributed by atoms with Crippen molar-refractivity contribution in [1.82, 2.24) is 5.32 Å². The van der Waals surface area contributed by atoms with Gasteiger partial charge in [0.05, 0.1) is 5.70 Å². The average Bonchev–Trinajstić information content (AvgIpc) is 2.82. The fourth-order valence-corrected chi connectivity index (χ4v) is 3.53. The number of carbonyl (C=O) groups is 2. The maximum atomic E-state index is 13.2. The highest BCUT2D eigenvalue weighted by molar-refractivity contribution is 6.26. The molecule has 32 heavy (non-hydrogen) atoms. The van der Waals surface area contributed by atoms with E-state index in [0.29, 0.717) is 23.2 Å². The minimum absolute atomic E-state index is 0.145. The second-order valence-corrected chi connectivity index (χ2v) is 7.30. The summed E-state index contributed by atoms with van der Waals surface area (Å²) < 4.78 is 13.2. The molecule has 0 spiro atoms. The Kier molecular flexibility index (Phi) is 6.07. The first-order valence-electron chi connectivity index (χ1n) is 10.00. The molecule has 0 fully saturated rings. The summed E-state index contributed by atoms with van der Waals surface area (Å²) in [6.07, 6.45) is 1.72. The van der Waals surface area contributed by atoms with Crippen LogP contribution in [0.5, 0.6) is 0 Å². The van der Waals surface area contributed by atoms with E-state index in [4.69, 9.17) is 0 Å². The first-order valence-corrected chi connectivity index (χ1v) is 10.00. The van der Waals surface area contributed by atoms with Crippen molar-refractivity contribution in [2.75, 3.05) is 5.32 Å². The van der Waals surface area contributed by atoms with Crippen LogP contribution >= 0.6 is 0 Å². The molecule has 1 atom stereocenters. The van der Waals surface area contributed by atoms with Gasteiger partial charge in [-0.2, -0.15) is 0 Å². The van der Waals surface area contributed by atoms with Crippen molar-refractivity contribution in [3.63, 3.8) is 0 Å². The Morgan fingerprint density at radius 1 is 0.938 bits per heavy atom. The summed E-state index contributed by atoms with van der Waals surface area (Å²) in [4.78, 5) is 26.1. The van der Waals surface area contributed by atoms with Gasteiger partial charge in [0, 0.05) is 23.2 Å². The lowest BCUT2D eigenvalue weighted by molar-refractivity contribution is -0.117. The molecule has 3 aromatic carbocycles. The van der Waals surface area contributed by atoms with Gasteiger partial charge in [0.2, 0.25) is 11.7 Å². The fraction of sp³-hybridized carbons (Fsp3) is 0.0800. The van der Waals surface area contributed by atoms with Crippen LogP contribution < -0.4 is 10.6 Å². The number of hydrogen-bond acceptors (Lipinski definition) is 5. The van der Waals surface area contributed by atoms with Crippen LogP contribution in [-0.2, 0) is 11.2 Å². The molecule has 0 radical (unpaired) electrons. The molecule has 0 saturated carbocycles. The van der Waals surface area contributed by atoms with E-state index < -0.39 is 17.8 Å². The Balaban J connectivity index is 1.62. The van der Waals surface area contributed by atoms with Crippen LogP contribution in [0.2, 0.25) is 0 Å². The van der Waals surface area contributed by atoms with Gasteiger partial charge in [0.15, 0.2) is 0 Å². The molecule has 0 unspecified atom stereocenters. The lowest BCUT2D eigenvalue weighted by atomic mass is 9.91. The van der Waals surface area contributed by atoms with E-state index >= 15 is 0 Å². The normalized spacial score (nSPS) is 15.0. The van der Waals surface area contributed by atoms with E-state index in [1.807, 2.05) is 30.3 Å². The molecule has 4 rings (SSSR count). The van der Waals surface area contributed by atoms with Crippen molar-refractivity contribution in [1.29, 1.82) is 0 Å². The third-order valence-electron chi connectivity index (χ3n) is 5.12. The molecule has 0 heterocycles. The van der Waals surface area contributed by atoms with Crippen LogP contribution in [0.4, 0.5) is 10.1 Å². The van der Waals surface area contributed by atoms with E-state index in [9.17, 15) is 19.2 Å². The average molecular weight is 429 g/mol. The monoisotopic (exact) mass is 429 g/mol. The third kappa shape index (κ3) is 4.57. The number of benzene rings is 3. The largest absolute Gasteiger partial charge is 0.410 e. The number of anilines is 1. The number of Topliss-reactive ketones (excluding diaryl/α,β-unsaturated/α-hetero) is 1. The molecule has 0 aromatic heterocycles. The maximum Gasteiger partial charge on any atom is 0.247 e. The van der Waals surface area contributed by atoms with Crippen molar-refractivity contribution in [3.8, 4) is 0 Å². The number of allylic oxidation sites excluding steroid dienone is 2. The van der Waals surface area contributed by atoms with Crippen LogP contribution in [0.15, 0.2) is 95.8 Å². The number of oxime groups is 1. The number of amides is 1. The number of ketones is 1. The highest BCUT2D eigenvalue weighted by Gasteiger charge is 2.28. The number of halogens is 1. The van der Waals surface area contributed by atoms with Crippen molar-refractivity contribution < 1.29 is 19.2 Å². The quantitative estimate of drug-likeness (QED) is 0.409. The molecule has 160 valence electrons. The Labute approximate surface area is 184 Å². The van der Waals surface area contributed by atoms with Gasteiger partial charge in [-0.1, -0.05) is 59.8 Å². The number of fused-ring (bicyclic) bond motifs is 1. The van der Waals surface area contributed by atoms with E-state index in [-0.39, 0.29) is 17.2 Å². The van der Waals surface area contributed by atoms with E-state index in [2.05, 4.69) is 15.8 Å². The molecule has 0 saturated heterocycles. The van der Waals surface area contributed by atoms with E-state index in [1.165, 1.54) is 30.3 Å². The minimum Gasteiger partial charge on any atom is -0.410 e. The molecular formula is C25H20FN3O3. The van der Waals surface area contributed by atoms with Crippen molar-refractivity contribution in [2.45, 2.75) is 12.5 Å². The van der Waals surface area contributed by atoms with Gasteiger partial charge >= 0.3 is 0 Å². The van der Waals surface area contributed by atoms with Gasteiger partial charge in [-0.25, -0.2) is 4.39 Å².